The van der Waals surface area contributed by atoms with Crippen LogP contribution in [0.2, 0.25) is 10.0 Å². The Bertz CT molecular complexity index is 782. The van der Waals surface area contributed by atoms with E-state index in [2.05, 4.69) is 5.32 Å². The molecule has 2 rings (SSSR count). The third-order valence-electron chi connectivity index (χ3n) is 4.43. The summed E-state index contributed by atoms with van der Waals surface area (Å²) in [6.45, 7) is 2.22. The van der Waals surface area contributed by atoms with Crippen molar-refractivity contribution in [1.29, 1.82) is 0 Å². The van der Waals surface area contributed by atoms with Crippen LogP contribution in [-0.4, -0.2) is 42.1 Å². The zero-order chi connectivity index (χ0) is 20.5. The molecule has 0 aliphatic rings. The fourth-order valence-corrected chi connectivity index (χ4v) is 4.42. The summed E-state index contributed by atoms with van der Waals surface area (Å²) >= 11 is 13.8. The van der Waals surface area contributed by atoms with E-state index in [0.29, 0.717) is 28.8 Å². The molecule has 28 heavy (non-hydrogen) atoms. The summed E-state index contributed by atoms with van der Waals surface area (Å²) in [6, 6.07) is 14.7. The first kappa shape index (κ1) is 22.6. The minimum Gasteiger partial charge on any atom is -0.357 e. The molecule has 0 saturated heterocycles. The van der Waals surface area contributed by atoms with Crippen molar-refractivity contribution in [3.8, 4) is 0 Å². The number of halogens is 2. The van der Waals surface area contributed by atoms with Gasteiger partial charge in [-0.1, -0.05) is 59.6 Å². The maximum atomic E-state index is 12.8. The molecule has 0 heterocycles. The first-order valence-corrected chi connectivity index (χ1v) is 10.9. The lowest BCUT2D eigenvalue weighted by Gasteiger charge is -2.28. The second kappa shape index (κ2) is 11.3. The highest BCUT2D eigenvalue weighted by atomic mass is 35.5. The van der Waals surface area contributed by atoms with Gasteiger partial charge in [0.1, 0.15) is 6.04 Å². The van der Waals surface area contributed by atoms with Crippen molar-refractivity contribution in [3.63, 3.8) is 0 Å². The monoisotopic (exact) mass is 438 g/mol. The number of likely N-dealkylation sites (N-methyl/N-ethyl adjacent to an activating group) is 1. The highest BCUT2D eigenvalue weighted by Gasteiger charge is 2.25. The summed E-state index contributed by atoms with van der Waals surface area (Å²) in [5.41, 5.74) is 1.94. The number of carbonyl (C=O) groups is 2. The van der Waals surface area contributed by atoms with E-state index in [1.807, 2.05) is 30.3 Å². The molecule has 0 saturated carbocycles. The summed E-state index contributed by atoms with van der Waals surface area (Å²) in [5, 5.41) is 3.80. The van der Waals surface area contributed by atoms with Crippen molar-refractivity contribution in [2.75, 3.05) is 19.3 Å². The Kier molecular flexibility index (Phi) is 9.16. The molecule has 150 valence electrons. The summed E-state index contributed by atoms with van der Waals surface area (Å²) in [4.78, 5) is 26.6. The smallest absolute Gasteiger partial charge is 0.242 e. The maximum absolute atomic E-state index is 12.8. The van der Waals surface area contributed by atoms with E-state index in [4.69, 9.17) is 23.2 Å². The molecule has 2 aromatic rings. The van der Waals surface area contributed by atoms with Gasteiger partial charge in [0.2, 0.25) is 11.8 Å². The van der Waals surface area contributed by atoms with E-state index >= 15 is 0 Å². The molecule has 2 amide bonds. The van der Waals surface area contributed by atoms with Crippen molar-refractivity contribution in [1.82, 2.24) is 10.2 Å². The predicted octanol–water partition coefficient (Wildman–Crippen LogP) is 4.43. The second-order valence-corrected chi connectivity index (χ2v) is 8.11. The molecule has 1 atom stereocenters. The van der Waals surface area contributed by atoms with Gasteiger partial charge >= 0.3 is 0 Å². The van der Waals surface area contributed by atoms with Crippen LogP contribution in [0.25, 0.3) is 0 Å². The number of nitrogens with zero attached hydrogens (tertiary/aromatic N) is 1. The van der Waals surface area contributed by atoms with E-state index in [1.54, 1.807) is 37.1 Å². The Morgan fingerprint density at radius 2 is 1.71 bits per heavy atom. The topological polar surface area (TPSA) is 49.4 Å². The van der Waals surface area contributed by atoms with Crippen LogP contribution >= 0.6 is 35.0 Å². The fourth-order valence-electron chi connectivity index (χ4n) is 2.77. The zero-order valence-corrected chi connectivity index (χ0v) is 18.3. The van der Waals surface area contributed by atoms with Crippen LogP contribution < -0.4 is 5.32 Å². The van der Waals surface area contributed by atoms with Crippen molar-refractivity contribution in [3.05, 3.63) is 69.7 Å². The third kappa shape index (κ3) is 6.43. The van der Waals surface area contributed by atoms with Crippen LogP contribution in [0, 0.1) is 0 Å². The lowest BCUT2D eigenvalue weighted by Crippen LogP contribution is -2.48. The normalized spacial score (nSPS) is 11.7. The SMILES string of the molecule is CNC(=O)[C@@H](C)N(CCc1ccccc1)C(=O)CSCc1c(Cl)cccc1Cl. The van der Waals surface area contributed by atoms with E-state index in [-0.39, 0.29) is 17.6 Å². The van der Waals surface area contributed by atoms with Gasteiger partial charge in [0, 0.05) is 29.4 Å². The molecular weight excluding hydrogens is 415 g/mol. The average molecular weight is 439 g/mol. The van der Waals surface area contributed by atoms with Crippen LogP contribution in [0.4, 0.5) is 0 Å². The summed E-state index contributed by atoms with van der Waals surface area (Å²) in [7, 11) is 1.58. The van der Waals surface area contributed by atoms with Gasteiger partial charge in [-0.3, -0.25) is 9.59 Å². The van der Waals surface area contributed by atoms with E-state index in [9.17, 15) is 9.59 Å². The quantitative estimate of drug-likeness (QED) is 0.629. The fraction of sp³-hybridized carbons (Fsp3) is 0.333. The molecule has 0 spiro atoms. The van der Waals surface area contributed by atoms with Gasteiger partial charge in [-0.05, 0) is 36.6 Å². The van der Waals surface area contributed by atoms with Crippen molar-refractivity contribution < 1.29 is 9.59 Å². The van der Waals surface area contributed by atoms with Gasteiger partial charge in [-0.2, -0.15) is 0 Å². The van der Waals surface area contributed by atoms with E-state index in [0.717, 1.165) is 11.1 Å². The molecular formula is C21H24Cl2N2O2S. The van der Waals surface area contributed by atoms with Crippen LogP contribution in [0.5, 0.6) is 0 Å². The molecule has 0 radical (unpaired) electrons. The maximum Gasteiger partial charge on any atom is 0.242 e. The van der Waals surface area contributed by atoms with Gasteiger partial charge in [0.25, 0.3) is 0 Å². The summed E-state index contributed by atoms with van der Waals surface area (Å²) in [5.74, 6) is 0.517. The highest BCUT2D eigenvalue weighted by molar-refractivity contribution is 7.99. The van der Waals surface area contributed by atoms with Crippen molar-refractivity contribution in [2.45, 2.75) is 25.1 Å². The Morgan fingerprint density at radius 3 is 2.32 bits per heavy atom. The molecule has 0 unspecified atom stereocenters. The largest absolute Gasteiger partial charge is 0.357 e. The molecule has 0 fully saturated rings. The van der Waals surface area contributed by atoms with Crippen molar-refractivity contribution >= 4 is 46.8 Å². The number of hydrogen-bond donors (Lipinski definition) is 1. The molecule has 4 nitrogen and oxygen atoms in total. The average Bonchev–Trinajstić information content (AvgIpc) is 2.70. The predicted molar refractivity (Wildman–Crippen MR) is 118 cm³/mol. The molecule has 7 heteroatoms. The first-order chi connectivity index (χ1) is 13.4. The molecule has 0 aliphatic carbocycles. The molecule has 2 aromatic carbocycles. The van der Waals surface area contributed by atoms with Gasteiger partial charge in [0.15, 0.2) is 0 Å². The number of hydrogen-bond acceptors (Lipinski definition) is 3. The molecule has 0 aliphatic heterocycles. The summed E-state index contributed by atoms with van der Waals surface area (Å²) < 4.78 is 0. The molecule has 0 bridgehead atoms. The number of benzene rings is 2. The third-order valence-corrected chi connectivity index (χ3v) is 6.08. The van der Waals surface area contributed by atoms with E-state index < -0.39 is 6.04 Å². The van der Waals surface area contributed by atoms with Crippen molar-refractivity contribution in [2.24, 2.45) is 0 Å². The number of carbonyl (C=O) groups excluding carboxylic acids is 2. The molecule has 1 N–H and O–H groups in total. The zero-order valence-electron chi connectivity index (χ0n) is 16.0. The number of thioether (sulfide) groups is 1. The Morgan fingerprint density at radius 1 is 1.07 bits per heavy atom. The van der Waals surface area contributed by atoms with Crippen LogP contribution in [-0.2, 0) is 21.8 Å². The van der Waals surface area contributed by atoms with Crippen LogP contribution in [0.1, 0.15) is 18.1 Å². The molecule has 0 aromatic heterocycles. The Labute approximate surface area is 180 Å². The van der Waals surface area contributed by atoms with Gasteiger partial charge < -0.3 is 10.2 Å². The van der Waals surface area contributed by atoms with Gasteiger partial charge in [-0.15, -0.1) is 11.8 Å². The van der Waals surface area contributed by atoms with Crippen LogP contribution in [0.15, 0.2) is 48.5 Å². The lowest BCUT2D eigenvalue weighted by atomic mass is 10.1. The standard InChI is InChI=1S/C21H24Cl2N2O2S/c1-15(21(27)24-2)25(12-11-16-7-4-3-5-8-16)20(26)14-28-13-17-18(22)9-6-10-19(17)23/h3-10,15H,11-14H2,1-2H3,(H,24,27)/t15-/m1/s1. The lowest BCUT2D eigenvalue weighted by molar-refractivity contribution is -0.137. The second-order valence-electron chi connectivity index (χ2n) is 6.31. The Balaban J connectivity index is 2.00. The first-order valence-electron chi connectivity index (χ1n) is 8.99. The minimum absolute atomic E-state index is 0.0831. The number of amides is 2. The number of nitrogens with one attached hydrogen (secondary N) is 1. The minimum atomic E-state index is -0.536. The van der Waals surface area contributed by atoms with Gasteiger partial charge in [-0.25, -0.2) is 0 Å². The highest BCUT2D eigenvalue weighted by Crippen LogP contribution is 2.28. The summed E-state index contributed by atoms with van der Waals surface area (Å²) in [6.07, 6.45) is 0.689. The van der Waals surface area contributed by atoms with Crippen LogP contribution in [0.3, 0.4) is 0 Å². The van der Waals surface area contributed by atoms with Gasteiger partial charge in [0.05, 0.1) is 5.75 Å². The number of rotatable bonds is 9. The van der Waals surface area contributed by atoms with E-state index in [1.165, 1.54) is 11.8 Å². The Hall–Kier alpha value is -1.69.